The van der Waals surface area contributed by atoms with Gasteiger partial charge < -0.3 is 4.74 Å². The molecule has 0 N–H and O–H groups in total. The van der Waals surface area contributed by atoms with E-state index in [9.17, 15) is 0 Å². The maximum Gasteiger partial charge on any atom is 0.0655 e. The molecule has 1 aliphatic heterocycles. The molecular formula is C19H34O. The molecule has 1 heterocycles. The lowest BCUT2D eigenvalue weighted by Crippen LogP contribution is -2.45. The van der Waals surface area contributed by atoms with Gasteiger partial charge in [0.15, 0.2) is 0 Å². The predicted molar refractivity (Wildman–Crippen MR) is 88.9 cm³/mol. The van der Waals surface area contributed by atoms with Gasteiger partial charge in [-0.15, -0.1) is 0 Å². The lowest BCUT2D eigenvalue weighted by Gasteiger charge is -2.44. The van der Waals surface area contributed by atoms with E-state index in [2.05, 4.69) is 60.6 Å². The lowest BCUT2D eigenvalue weighted by atomic mass is 9.78. The van der Waals surface area contributed by atoms with E-state index in [1.165, 1.54) is 17.6 Å². The van der Waals surface area contributed by atoms with Crippen LogP contribution in [0.5, 0.6) is 0 Å². The first-order chi connectivity index (χ1) is 9.27. The van der Waals surface area contributed by atoms with Gasteiger partial charge >= 0.3 is 0 Å². The van der Waals surface area contributed by atoms with Crippen molar-refractivity contribution in [1.29, 1.82) is 0 Å². The Kier molecular flexibility index (Phi) is 6.51. The van der Waals surface area contributed by atoms with Crippen molar-refractivity contribution in [3.05, 3.63) is 23.3 Å². The molecule has 1 fully saturated rings. The second-order valence-corrected chi connectivity index (χ2v) is 7.13. The Morgan fingerprint density at radius 2 is 1.75 bits per heavy atom. The van der Waals surface area contributed by atoms with Crippen molar-refractivity contribution in [1.82, 2.24) is 0 Å². The summed E-state index contributed by atoms with van der Waals surface area (Å²) in [7, 11) is 0. The van der Waals surface area contributed by atoms with E-state index >= 15 is 0 Å². The van der Waals surface area contributed by atoms with Gasteiger partial charge in [0.2, 0.25) is 0 Å². The van der Waals surface area contributed by atoms with Crippen LogP contribution in [0, 0.1) is 11.8 Å². The summed E-state index contributed by atoms with van der Waals surface area (Å²) in [6.07, 6.45) is 9.77. The van der Waals surface area contributed by atoms with Crippen LogP contribution in [0.15, 0.2) is 23.3 Å². The molecular weight excluding hydrogens is 244 g/mol. The average Bonchev–Trinajstić information content (AvgIpc) is 2.35. The molecule has 3 unspecified atom stereocenters. The van der Waals surface area contributed by atoms with Gasteiger partial charge in [-0.1, -0.05) is 44.1 Å². The van der Waals surface area contributed by atoms with Crippen molar-refractivity contribution in [2.75, 3.05) is 0 Å². The fraction of sp³-hybridized carbons (Fsp3) is 0.789. The van der Waals surface area contributed by atoms with E-state index in [1.54, 1.807) is 0 Å². The van der Waals surface area contributed by atoms with E-state index in [0.29, 0.717) is 17.9 Å². The summed E-state index contributed by atoms with van der Waals surface area (Å²) in [5.41, 5.74) is 2.87. The zero-order chi connectivity index (χ0) is 15.3. The topological polar surface area (TPSA) is 9.23 Å². The number of hydrogen-bond donors (Lipinski definition) is 0. The zero-order valence-corrected chi connectivity index (χ0v) is 14.6. The molecule has 0 bridgehead atoms. The number of rotatable bonds is 5. The minimum atomic E-state index is 0.0357. The van der Waals surface area contributed by atoms with Gasteiger partial charge in [0, 0.05) is 0 Å². The molecule has 1 saturated heterocycles. The summed E-state index contributed by atoms with van der Waals surface area (Å²) < 4.78 is 6.34. The molecule has 0 amide bonds. The van der Waals surface area contributed by atoms with Crippen molar-refractivity contribution in [2.45, 2.75) is 85.9 Å². The normalized spacial score (nSPS) is 31.4. The van der Waals surface area contributed by atoms with Crippen LogP contribution in [0.25, 0.3) is 0 Å². The van der Waals surface area contributed by atoms with Gasteiger partial charge in [-0.3, -0.25) is 0 Å². The third-order valence-electron chi connectivity index (χ3n) is 5.04. The zero-order valence-electron chi connectivity index (χ0n) is 14.6. The van der Waals surface area contributed by atoms with Gasteiger partial charge in [0.1, 0.15) is 0 Å². The molecule has 1 heteroatoms. The number of allylic oxidation sites excluding steroid dienone is 4. The largest absolute Gasteiger partial charge is 0.372 e. The molecule has 1 nitrogen and oxygen atoms in total. The standard InChI is InChI=1S/C19H34O/c1-8-10-14(2)15(3)11-9-12-18-16(4)13-17(5)19(6,7)20-18/h10-11,16-18H,8-9,12-13H2,1-7H3/b14-10+,15-11+. The fourth-order valence-corrected chi connectivity index (χ4v) is 3.05. The molecule has 0 aromatic carbocycles. The molecule has 0 radical (unpaired) electrons. The molecule has 3 atom stereocenters. The van der Waals surface area contributed by atoms with Crippen molar-refractivity contribution in [2.24, 2.45) is 11.8 Å². The minimum absolute atomic E-state index is 0.0357. The average molecular weight is 278 g/mol. The minimum Gasteiger partial charge on any atom is -0.372 e. The molecule has 0 saturated carbocycles. The second kappa shape index (κ2) is 7.45. The highest BCUT2D eigenvalue weighted by molar-refractivity contribution is 5.26. The second-order valence-electron chi connectivity index (χ2n) is 7.13. The first kappa shape index (κ1) is 17.5. The Balaban J connectivity index is 2.53. The van der Waals surface area contributed by atoms with E-state index in [0.717, 1.165) is 19.3 Å². The summed E-state index contributed by atoms with van der Waals surface area (Å²) in [5.74, 6) is 1.33. The highest BCUT2D eigenvalue weighted by Crippen LogP contribution is 2.38. The van der Waals surface area contributed by atoms with Crippen molar-refractivity contribution < 1.29 is 4.74 Å². The first-order valence-corrected chi connectivity index (χ1v) is 8.29. The first-order valence-electron chi connectivity index (χ1n) is 8.29. The number of hydrogen-bond acceptors (Lipinski definition) is 1. The molecule has 1 aliphatic rings. The Labute approximate surface area is 126 Å². The van der Waals surface area contributed by atoms with Crippen LogP contribution in [0.4, 0.5) is 0 Å². The summed E-state index contributed by atoms with van der Waals surface area (Å²) in [6, 6.07) is 0. The third kappa shape index (κ3) is 4.77. The van der Waals surface area contributed by atoms with E-state index < -0.39 is 0 Å². The van der Waals surface area contributed by atoms with Crippen LogP contribution in [-0.4, -0.2) is 11.7 Å². The van der Waals surface area contributed by atoms with Crippen LogP contribution >= 0.6 is 0 Å². The van der Waals surface area contributed by atoms with Crippen molar-refractivity contribution in [3.8, 4) is 0 Å². The van der Waals surface area contributed by atoms with Crippen LogP contribution in [0.3, 0.4) is 0 Å². The molecule has 0 spiro atoms. The number of ether oxygens (including phenoxy) is 1. The Hall–Kier alpha value is -0.560. The lowest BCUT2D eigenvalue weighted by molar-refractivity contribution is -0.161. The Bertz CT molecular complexity index is 362. The summed E-state index contributed by atoms with van der Waals surface area (Å²) in [5, 5.41) is 0. The van der Waals surface area contributed by atoms with Gasteiger partial charge in [-0.25, -0.2) is 0 Å². The summed E-state index contributed by atoms with van der Waals surface area (Å²) in [6.45, 7) is 15.8. The van der Waals surface area contributed by atoms with Crippen molar-refractivity contribution >= 4 is 0 Å². The molecule has 0 aromatic rings. The van der Waals surface area contributed by atoms with E-state index in [-0.39, 0.29) is 5.60 Å². The monoisotopic (exact) mass is 278 g/mol. The maximum atomic E-state index is 6.34. The van der Waals surface area contributed by atoms with Crippen LogP contribution in [-0.2, 0) is 4.74 Å². The van der Waals surface area contributed by atoms with Crippen LogP contribution < -0.4 is 0 Å². The maximum absolute atomic E-state index is 6.34. The third-order valence-corrected chi connectivity index (χ3v) is 5.04. The molecule has 0 aromatic heterocycles. The van der Waals surface area contributed by atoms with E-state index in [4.69, 9.17) is 4.74 Å². The Morgan fingerprint density at radius 3 is 2.35 bits per heavy atom. The van der Waals surface area contributed by atoms with Crippen molar-refractivity contribution in [3.63, 3.8) is 0 Å². The smallest absolute Gasteiger partial charge is 0.0655 e. The summed E-state index contributed by atoms with van der Waals surface area (Å²) >= 11 is 0. The highest BCUT2D eigenvalue weighted by atomic mass is 16.5. The SMILES string of the molecule is CC/C=C(C)/C(C)=C/CCC1OC(C)(C)C(C)CC1C. The predicted octanol–water partition coefficient (Wildman–Crippen LogP) is 5.91. The van der Waals surface area contributed by atoms with Gasteiger partial charge in [-0.05, 0) is 65.2 Å². The van der Waals surface area contributed by atoms with Crippen LogP contribution in [0.2, 0.25) is 0 Å². The van der Waals surface area contributed by atoms with Gasteiger partial charge in [0.25, 0.3) is 0 Å². The quantitative estimate of drug-likeness (QED) is 0.568. The van der Waals surface area contributed by atoms with E-state index in [1.807, 2.05) is 0 Å². The highest BCUT2D eigenvalue weighted by Gasteiger charge is 2.38. The Morgan fingerprint density at radius 1 is 1.15 bits per heavy atom. The fourth-order valence-electron chi connectivity index (χ4n) is 3.05. The van der Waals surface area contributed by atoms with Gasteiger partial charge in [-0.2, -0.15) is 0 Å². The molecule has 1 rings (SSSR count). The molecule has 20 heavy (non-hydrogen) atoms. The van der Waals surface area contributed by atoms with Gasteiger partial charge in [0.05, 0.1) is 11.7 Å². The summed E-state index contributed by atoms with van der Waals surface area (Å²) in [4.78, 5) is 0. The molecule has 116 valence electrons. The molecule has 0 aliphatic carbocycles. The van der Waals surface area contributed by atoms with Crippen LogP contribution in [0.1, 0.15) is 74.1 Å².